The summed E-state index contributed by atoms with van der Waals surface area (Å²) in [5.74, 6) is 3.86. The maximum Gasteiger partial charge on any atom is 0.175 e. The first-order valence-electron chi connectivity index (χ1n) is 7.71. The Hall–Kier alpha value is -1.48. The molecule has 1 heterocycles. The standard InChI is InChI=1S/C17H19ClN2O/c18-14-4-2-1-3-13(14)16-15(21-20-17(16)19)9-12-8-10-5-6-11(12)7-10/h1-4,10-12H,5-9H2,(H2,19,20). The Balaban J connectivity index is 1.66. The fourth-order valence-electron chi connectivity index (χ4n) is 4.29. The van der Waals surface area contributed by atoms with Crippen molar-refractivity contribution in [1.29, 1.82) is 0 Å². The lowest BCUT2D eigenvalue weighted by molar-refractivity contribution is 0.294. The molecular weight excluding hydrogens is 284 g/mol. The lowest BCUT2D eigenvalue weighted by Crippen LogP contribution is -2.13. The highest BCUT2D eigenvalue weighted by molar-refractivity contribution is 6.33. The molecule has 3 unspecified atom stereocenters. The van der Waals surface area contributed by atoms with Gasteiger partial charge in [-0.05, 0) is 43.1 Å². The van der Waals surface area contributed by atoms with Crippen LogP contribution in [0.15, 0.2) is 28.8 Å². The van der Waals surface area contributed by atoms with E-state index in [1.54, 1.807) is 0 Å². The molecule has 2 saturated carbocycles. The number of anilines is 1. The van der Waals surface area contributed by atoms with E-state index in [2.05, 4.69) is 5.16 Å². The Morgan fingerprint density at radius 2 is 2.10 bits per heavy atom. The number of nitrogens with two attached hydrogens (primary N) is 1. The molecule has 4 heteroatoms. The fourth-order valence-corrected chi connectivity index (χ4v) is 4.52. The predicted octanol–water partition coefficient (Wildman–Crippen LogP) is 4.56. The number of hydrogen-bond donors (Lipinski definition) is 1. The van der Waals surface area contributed by atoms with E-state index in [4.69, 9.17) is 21.9 Å². The maximum atomic E-state index is 6.31. The molecule has 0 amide bonds. The number of rotatable bonds is 3. The van der Waals surface area contributed by atoms with Crippen molar-refractivity contribution in [1.82, 2.24) is 5.16 Å². The van der Waals surface area contributed by atoms with Crippen LogP contribution in [-0.4, -0.2) is 5.16 Å². The van der Waals surface area contributed by atoms with Crippen molar-refractivity contribution >= 4 is 17.4 Å². The van der Waals surface area contributed by atoms with Crippen LogP contribution in [0.5, 0.6) is 0 Å². The van der Waals surface area contributed by atoms with Gasteiger partial charge in [-0.15, -0.1) is 0 Å². The van der Waals surface area contributed by atoms with Gasteiger partial charge in [0.25, 0.3) is 0 Å². The van der Waals surface area contributed by atoms with E-state index in [0.29, 0.717) is 10.8 Å². The molecule has 21 heavy (non-hydrogen) atoms. The van der Waals surface area contributed by atoms with Crippen molar-refractivity contribution in [2.24, 2.45) is 17.8 Å². The first-order valence-corrected chi connectivity index (χ1v) is 8.09. The molecule has 1 aromatic heterocycles. The van der Waals surface area contributed by atoms with Crippen LogP contribution < -0.4 is 5.73 Å². The molecule has 2 bridgehead atoms. The number of nitrogens with zero attached hydrogens (tertiary/aromatic N) is 1. The van der Waals surface area contributed by atoms with Crippen molar-refractivity contribution in [2.45, 2.75) is 32.1 Å². The fraction of sp³-hybridized carbons (Fsp3) is 0.471. The first kappa shape index (κ1) is 13.2. The first-order chi connectivity index (χ1) is 10.2. The van der Waals surface area contributed by atoms with Gasteiger partial charge in [0.15, 0.2) is 5.82 Å². The molecule has 110 valence electrons. The molecule has 0 radical (unpaired) electrons. The number of halogens is 1. The highest BCUT2D eigenvalue weighted by Crippen LogP contribution is 2.50. The lowest BCUT2D eigenvalue weighted by Gasteiger charge is -2.20. The molecule has 0 spiro atoms. The Kier molecular flexibility index (Phi) is 3.18. The number of nitrogen functional groups attached to an aromatic ring is 1. The Labute approximate surface area is 129 Å². The summed E-state index contributed by atoms with van der Waals surface area (Å²) in [6, 6.07) is 7.75. The highest BCUT2D eigenvalue weighted by Gasteiger charge is 2.40. The molecule has 0 aliphatic heterocycles. The maximum absolute atomic E-state index is 6.31. The highest BCUT2D eigenvalue weighted by atomic mass is 35.5. The third-order valence-corrected chi connectivity index (χ3v) is 5.59. The van der Waals surface area contributed by atoms with Crippen LogP contribution in [0.1, 0.15) is 31.4 Å². The Morgan fingerprint density at radius 3 is 2.81 bits per heavy atom. The molecule has 1 aromatic carbocycles. The third-order valence-electron chi connectivity index (χ3n) is 5.26. The van der Waals surface area contributed by atoms with Crippen LogP contribution in [0, 0.1) is 17.8 Å². The van der Waals surface area contributed by atoms with E-state index in [1.165, 1.54) is 25.7 Å². The van der Waals surface area contributed by atoms with Crippen LogP contribution in [-0.2, 0) is 6.42 Å². The second-order valence-electron chi connectivity index (χ2n) is 6.48. The smallest absolute Gasteiger partial charge is 0.175 e. The topological polar surface area (TPSA) is 52.0 Å². The summed E-state index contributed by atoms with van der Waals surface area (Å²) >= 11 is 6.31. The SMILES string of the molecule is Nc1noc(CC2CC3CCC2C3)c1-c1ccccc1Cl. The van der Waals surface area contributed by atoms with Gasteiger partial charge in [-0.25, -0.2) is 0 Å². The van der Waals surface area contributed by atoms with E-state index in [9.17, 15) is 0 Å². The zero-order valence-electron chi connectivity index (χ0n) is 11.9. The van der Waals surface area contributed by atoms with Gasteiger partial charge < -0.3 is 10.3 Å². The average molecular weight is 303 g/mol. The zero-order valence-corrected chi connectivity index (χ0v) is 12.6. The predicted molar refractivity (Wildman–Crippen MR) is 84.0 cm³/mol. The molecule has 3 atom stereocenters. The van der Waals surface area contributed by atoms with Gasteiger partial charge in [-0.3, -0.25) is 0 Å². The minimum Gasteiger partial charge on any atom is -0.380 e. The molecule has 2 aliphatic rings. The minimum atomic E-state index is 0.446. The number of hydrogen-bond acceptors (Lipinski definition) is 3. The molecule has 0 saturated heterocycles. The van der Waals surface area contributed by atoms with E-state index >= 15 is 0 Å². The second-order valence-corrected chi connectivity index (χ2v) is 6.89. The number of fused-ring (bicyclic) bond motifs is 2. The van der Waals surface area contributed by atoms with Crippen LogP contribution in [0.25, 0.3) is 11.1 Å². The van der Waals surface area contributed by atoms with Crippen LogP contribution in [0.2, 0.25) is 5.02 Å². The van der Waals surface area contributed by atoms with Gasteiger partial charge in [0.05, 0.1) is 5.56 Å². The van der Waals surface area contributed by atoms with E-state index < -0.39 is 0 Å². The van der Waals surface area contributed by atoms with Crippen LogP contribution in [0.4, 0.5) is 5.82 Å². The molecule has 2 aliphatic carbocycles. The average Bonchev–Trinajstić information content (AvgIpc) is 3.17. The van der Waals surface area contributed by atoms with Gasteiger partial charge in [-0.2, -0.15) is 0 Å². The van der Waals surface area contributed by atoms with Crippen molar-refractivity contribution < 1.29 is 4.52 Å². The molecule has 3 nitrogen and oxygen atoms in total. The molecule has 2 N–H and O–H groups in total. The monoisotopic (exact) mass is 302 g/mol. The van der Waals surface area contributed by atoms with Crippen LogP contribution >= 0.6 is 11.6 Å². The molecular formula is C17H19ClN2O. The van der Waals surface area contributed by atoms with Gasteiger partial charge >= 0.3 is 0 Å². The molecule has 4 rings (SSSR count). The third kappa shape index (κ3) is 2.24. The van der Waals surface area contributed by atoms with E-state index in [-0.39, 0.29) is 0 Å². The normalized spacial score (nSPS) is 27.4. The van der Waals surface area contributed by atoms with Crippen molar-refractivity contribution in [3.8, 4) is 11.1 Å². The van der Waals surface area contributed by atoms with Gasteiger partial charge in [0.2, 0.25) is 0 Å². The lowest BCUT2D eigenvalue weighted by atomic mass is 9.85. The van der Waals surface area contributed by atoms with Gasteiger partial charge in [0.1, 0.15) is 5.76 Å². The summed E-state index contributed by atoms with van der Waals surface area (Å²) in [6.07, 6.45) is 6.45. The summed E-state index contributed by atoms with van der Waals surface area (Å²) in [4.78, 5) is 0. The van der Waals surface area contributed by atoms with E-state index in [1.807, 2.05) is 24.3 Å². The summed E-state index contributed by atoms with van der Waals surface area (Å²) in [5, 5.41) is 4.68. The van der Waals surface area contributed by atoms with Crippen LogP contribution in [0.3, 0.4) is 0 Å². The zero-order chi connectivity index (χ0) is 14.4. The van der Waals surface area contributed by atoms with Gasteiger partial charge in [0, 0.05) is 17.0 Å². The van der Waals surface area contributed by atoms with Crippen molar-refractivity contribution in [2.75, 3.05) is 5.73 Å². The molecule has 2 fully saturated rings. The summed E-state index contributed by atoms with van der Waals surface area (Å²) < 4.78 is 5.54. The Bertz CT molecular complexity index is 667. The minimum absolute atomic E-state index is 0.446. The van der Waals surface area contributed by atoms with E-state index in [0.717, 1.165) is 41.1 Å². The largest absolute Gasteiger partial charge is 0.380 e. The summed E-state index contributed by atoms with van der Waals surface area (Å²) in [7, 11) is 0. The molecule has 2 aromatic rings. The summed E-state index contributed by atoms with van der Waals surface area (Å²) in [6.45, 7) is 0. The van der Waals surface area contributed by atoms with Crippen molar-refractivity contribution in [3.63, 3.8) is 0 Å². The quantitative estimate of drug-likeness (QED) is 0.904. The number of aromatic nitrogens is 1. The number of benzene rings is 1. The second kappa shape index (κ2) is 5.06. The van der Waals surface area contributed by atoms with Gasteiger partial charge in [-0.1, -0.05) is 41.4 Å². The van der Waals surface area contributed by atoms with Crippen molar-refractivity contribution in [3.05, 3.63) is 35.0 Å². The Morgan fingerprint density at radius 1 is 1.24 bits per heavy atom. The summed E-state index contributed by atoms with van der Waals surface area (Å²) in [5.41, 5.74) is 7.85.